The largest absolute Gasteiger partial charge is 0.376 e. The van der Waals surface area contributed by atoms with Gasteiger partial charge in [0.2, 0.25) is 0 Å². The number of hydrogen-bond donors (Lipinski definition) is 2. The van der Waals surface area contributed by atoms with Crippen LogP contribution < -0.4 is 10.7 Å². The average Bonchev–Trinajstić information content (AvgIpc) is 3.29. The van der Waals surface area contributed by atoms with Crippen LogP contribution in [0, 0.1) is 27.7 Å². The highest BCUT2D eigenvalue weighted by atomic mass is 16.5. The minimum atomic E-state index is -0.789. The van der Waals surface area contributed by atoms with Gasteiger partial charge in [-0.2, -0.15) is 5.10 Å². The predicted molar refractivity (Wildman–Crippen MR) is 112 cm³/mol. The lowest BCUT2D eigenvalue weighted by atomic mass is 10.1. The molecule has 0 bridgehead atoms. The number of aryl methyl sites for hydroxylation is 3. The molecule has 7 heteroatoms. The van der Waals surface area contributed by atoms with Gasteiger partial charge in [0.05, 0.1) is 18.0 Å². The predicted octanol–water partition coefficient (Wildman–Crippen LogP) is 2.46. The van der Waals surface area contributed by atoms with Gasteiger partial charge in [-0.3, -0.25) is 9.59 Å². The number of ether oxygens (including phenoxy) is 1. The Bertz CT molecular complexity index is 920. The summed E-state index contributed by atoms with van der Waals surface area (Å²) in [7, 11) is 0. The number of benzene rings is 1. The van der Waals surface area contributed by atoms with E-state index in [4.69, 9.17) is 4.74 Å². The summed E-state index contributed by atoms with van der Waals surface area (Å²) in [5, 5.41) is 6.54. The van der Waals surface area contributed by atoms with Crippen LogP contribution in [0.25, 0.3) is 5.69 Å². The topological polar surface area (TPSA) is 84.7 Å². The van der Waals surface area contributed by atoms with Gasteiger partial charge in [0.15, 0.2) is 0 Å². The summed E-state index contributed by atoms with van der Waals surface area (Å²) in [5.41, 5.74) is 8.78. The lowest BCUT2D eigenvalue weighted by Gasteiger charge is -2.15. The molecule has 0 aliphatic carbocycles. The summed E-state index contributed by atoms with van der Waals surface area (Å²) < 4.78 is 7.61. The average molecular weight is 396 g/mol. The number of amides is 2. The van der Waals surface area contributed by atoms with E-state index in [0.29, 0.717) is 13.2 Å². The van der Waals surface area contributed by atoms with E-state index in [-0.39, 0.29) is 6.10 Å². The van der Waals surface area contributed by atoms with E-state index < -0.39 is 11.8 Å². The minimum absolute atomic E-state index is 0.00876. The molecule has 1 fully saturated rings. The van der Waals surface area contributed by atoms with Crippen LogP contribution in [-0.4, -0.2) is 41.9 Å². The van der Waals surface area contributed by atoms with Crippen molar-refractivity contribution < 1.29 is 14.3 Å². The van der Waals surface area contributed by atoms with Crippen LogP contribution in [0.4, 0.5) is 0 Å². The van der Waals surface area contributed by atoms with Crippen LogP contribution in [0.3, 0.4) is 0 Å². The Morgan fingerprint density at radius 2 is 1.93 bits per heavy atom. The molecule has 2 aromatic rings. The first-order valence-corrected chi connectivity index (χ1v) is 9.87. The number of hydrogen-bond acceptors (Lipinski definition) is 4. The summed E-state index contributed by atoms with van der Waals surface area (Å²) in [5.74, 6) is -1.50. The molecule has 0 spiro atoms. The van der Waals surface area contributed by atoms with Gasteiger partial charge in [-0.1, -0.05) is 18.2 Å². The molecule has 2 heterocycles. The molecule has 1 aromatic heterocycles. The Labute approximate surface area is 171 Å². The van der Waals surface area contributed by atoms with Gasteiger partial charge in [-0.25, -0.2) is 5.43 Å². The Balaban J connectivity index is 1.65. The van der Waals surface area contributed by atoms with Crippen LogP contribution in [0.5, 0.6) is 0 Å². The maximum absolute atomic E-state index is 11.9. The Morgan fingerprint density at radius 3 is 2.59 bits per heavy atom. The second kappa shape index (κ2) is 9.05. The first-order valence-electron chi connectivity index (χ1n) is 9.87. The van der Waals surface area contributed by atoms with Crippen LogP contribution in [0.2, 0.25) is 0 Å². The first kappa shape index (κ1) is 20.8. The number of para-hydroxylation sites is 1. The van der Waals surface area contributed by atoms with Crippen molar-refractivity contribution in [2.45, 2.75) is 46.6 Å². The fourth-order valence-electron chi connectivity index (χ4n) is 3.72. The molecule has 29 heavy (non-hydrogen) atoms. The molecular formula is C22H28N4O3. The molecular weight excluding hydrogens is 368 g/mol. The molecule has 1 aliphatic rings. The minimum Gasteiger partial charge on any atom is -0.376 e. The first-order chi connectivity index (χ1) is 13.9. The van der Waals surface area contributed by atoms with Crippen molar-refractivity contribution in [3.8, 4) is 5.69 Å². The highest BCUT2D eigenvalue weighted by molar-refractivity contribution is 6.35. The smallest absolute Gasteiger partial charge is 0.329 e. The Hall–Kier alpha value is -2.93. The number of rotatable bonds is 5. The summed E-state index contributed by atoms with van der Waals surface area (Å²) in [6.45, 7) is 9.27. The van der Waals surface area contributed by atoms with Gasteiger partial charge in [0, 0.05) is 30.1 Å². The zero-order valence-corrected chi connectivity index (χ0v) is 17.4. The Kier molecular flexibility index (Phi) is 6.49. The molecule has 0 radical (unpaired) electrons. The summed E-state index contributed by atoms with van der Waals surface area (Å²) in [4.78, 5) is 23.8. The third-order valence-corrected chi connectivity index (χ3v) is 5.22. The zero-order valence-electron chi connectivity index (χ0n) is 17.4. The molecule has 1 atom stereocenters. The third kappa shape index (κ3) is 4.74. The maximum Gasteiger partial charge on any atom is 0.329 e. The number of carbonyl (C=O) groups excluding carboxylic acids is 2. The van der Waals surface area contributed by atoms with Gasteiger partial charge in [-0.05, 0) is 57.7 Å². The van der Waals surface area contributed by atoms with E-state index in [2.05, 4.69) is 46.4 Å². The van der Waals surface area contributed by atoms with Crippen molar-refractivity contribution in [2.75, 3.05) is 13.2 Å². The number of aromatic nitrogens is 1. The van der Waals surface area contributed by atoms with Crippen LogP contribution in [-0.2, 0) is 14.3 Å². The lowest BCUT2D eigenvalue weighted by Crippen LogP contribution is -2.41. The van der Waals surface area contributed by atoms with E-state index in [1.165, 1.54) is 11.1 Å². The van der Waals surface area contributed by atoms with Crippen LogP contribution >= 0.6 is 0 Å². The molecule has 2 N–H and O–H groups in total. The number of nitrogens with zero attached hydrogens (tertiary/aromatic N) is 2. The Morgan fingerprint density at radius 1 is 1.21 bits per heavy atom. The third-order valence-electron chi connectivity index (χ3n) is 5.22. The quantitative estimate of drug-likeness (QED) is 0.463. The summed E-state index contributed by atoms with van der Waals surface area (Å²) >= 11 is 0. The van der Waals surface area contributed by atoms with Gasteiger partial charge in [-0.15, -0.1) is 0 Å². The maximum atomic E-state index is 11.9. The van der Waals surface area contributed by atoms with Crippen LogP contribution in [0.1, 0.15) is 40.9 Å². The van der Waals surface area contributed by atoms with E-state index in [1.807, 2.05) is 26.0 Å². The molecule has 1 saturated heterocycles. The van der Waals surface area contributed by atoms with Crippen molar-refractivity contribution in [3.63, 3.8) is 0 Å². The van der Waals surface area contributed by atoms with E-state index >= 15 is 0 Å². The van der Waals surface area contributed by atoms with Crippen LogP contribution in [0.15, 0.2) is 29.4 Å². The fourth-order valence-corrected chi connectivity index (χ4v) is 3.72. The van der Waals surface area contributed by atoms with Crippen molar-refractivity contribution in [1.82, 2.24) is 15.3 Å². The van der Waals surface area contributed by atoms with Gasteiger partial charge < -0.3 is 14.6 Å². The highest BCUT2D eigenvalue weighted by Gasteiger charge is 2.19. The molecule has 0 unspecified atom stereocenters. The number of hydrazone groups is 1. The van der Waals surface area contributed by atoms with E-state index in [1.54, 1.807) is 6.21 Å². The monoisotopic (exact) mass is 396 g/mol. The van der Waals surface area contributed by atoms with Crippen molar-refractivity contribution in [2.24, 2.45) is 5.10 Å². The van der Waals surface area contributed by atoms with Gasteiger partial charge >= 0.3 is 11.8 Å². The summed E-state index contributed by atoms with van der Waals surface area (Å²) in [6, 6.07) is 8.23. The number of nitrogens with one attached hydrogen (secondary N) is 2. The van der Waals surface area contributed by atoms with Crippen molar-refractivity contribution in [1.29, 1.82) is 0 Å². The van der Waals surface area contributed by atoms with E-state index in [9.17, 15) is 9.59 Å². The zero-order chi connectivity index (χ0) is 21.0. The highest BCUT2D eigenvalue weighted by Crippen LogP contribution is 2.25. The molecule has 1 aliphatic heterocycles. The van der Waals surface area contributed by atoms with Crippen molar-refractivity contribution in [3.05, 3.63) is 52.3 Å². The SMILES string of the molecule is Cc1cccc(C)c1-n1c(C)cc(/C=N\NC(=O)C(=O)NC[C@@H]2CCCO2)c1C. The van der Waals surface area contributed by atoms with Gasteiger partial charge in [0.25, 0.3) is 0 Å². The second-order valence-corrected chi connectivity index (χ2v) is 7.45. The molecule has 2 amide bonds. The molecule has 154 valence electrons. The normalized spacial score (nSPS) is 16.3. The molecule has 3 rings (SSSR count). The fraction of sp³-hybridized carbons (Fsp3) is 0.409. The van der Waals surface area contributed by atoms with Gasteiger partial charge in [0.1, 0.15) is 0 Å². The number of carbonyl (C=O) groups is 2. The molecule has 7 nitrogen and oxygen atoms in total. The summed E-state index contributed by atoms with van der Waals surface area (Å²) in [6.07, 6.45) is 3.44. The molecule has 0 saturated carbocycles. The van der Waals surface area contributed by atoms with Crippen molar-refractivity contribution >= 4 is 18.0 Å². The standard InChI is InChI=1S/C22H28N4O3/c1-14-7-5-8-15(2)20(14)26-16(3)11-18(17(26)4)12-24-25-22(28)21(27)23-13-19-9-6-10-29-19/h5,7-8,11-12,19H,6,9-10,13H2,1-4H3,(H,23,27)(H,25,28)/b24-12-/t19-/m0/s1. The van der Waals surface area contributed by atoms with E-state index in [0.717, 1.165) is 35.5 Å². The molecule has 1 aromatic carbocycles. The second-order valence-electron chi connectivity index (χ2n) is 7.45. The lowest BCUT2D eigenvalue weighted by molar-refractivity contribution is -0.139.